The summed E-state index contributed by atoms with van der Waals surface area (Å²) in [6.45, 7) is 0.361. The van der Waals surface area contributed by atoms with Crippen molar-refractivity contribution in [2.24, 2.45) is 0 Å². The van der Waals surface area contributed by atoms with Crippen LogP contribution in [-0.4, -0.2) is 29.1 Å². The lowest BCUT2D eigenvalue weighted by Crippen LogP contribution is -2.21. The lowest BCUT2D eigenvalue weighted by Gasteiger charge is -2.20. The quantitative estimate of drug-likeness (QED) is 0.329. The molecule has 0 radical (unpaired) electrons. The molecule has 164 valence electrons. The zero-order valence-electron chi connectivity index (χ0n) is 17.6. The molecule has 0 aromatic heterocycles. The number of carboxylic acid groups (broad SMARTS) is 1. The van der Waals surface area contributed by atoms with E-state index in [9.17, 15) is 19.2 Å². The maximum absolute atomic E-state index is 12.7. The number of fused-ring (bicyclic) bond motifs is 3. The van der Waals surface area contributed by atoms with E-state index in [1.807, 2.05) is 12.1 Å². The predicted molar refractivity (Wildman–Crippen MR) is 125 cm³/mol. The van der Waals surface area contributed by atoms with Crippen molar-refractivity contribution in [2.45, 2.75) is 0 Å². The molecule has 4 aromatic rings. The molecule has 0 bridgehead atoms. The van der Waals surface area contributed by atoms with Gasteiger partial charge in [-0.05, 0) is 81.9 Å². The van der Waals surface area contributed by atoms with Crippen LogP contribution < -0.4 is 4.74 Å². The number of hydrogen-bond acceptors (Lipinski definition) is 5. The smallest absolute Gasteiger partial charge is 0.335 e. The van der Waals surface area contributed by atoms with Gasteiger partial charge in [0.25, 0.3) is 6.47 Å². The number of aromatic carboxylic acids is 1. The van der Waals surface area contributed by atoms with Gasteiger partial charge >= 0.3 is 5.97 Å². The van der Waals surface area contributed by atoms with Crippen molar-refractivity contribution >= 4 is 24.0 Å². The Morgan fingerprint density at radius 3 is 1.50 bits per heavy atom. The van der Waals surface area contributed by atoms with Crippen molar-refractivity contribution in [1.82, 2.24) is 0 Å². The SMILES string of the molecule is O=COc1ccc(-c2ccc3c(c2)-c2cc(-c4ccc(C(=O)O)cc4)ccc2C(=O)C3=O)cc1. The standard InChI is InChI=1S/C28H16O6/c29-15-34-21-9-5-17(6-10-21)20-8-12-23-25(14-20)24-13-19(7-11-22(24)26(30)27(23)31)16-1-3-18(4-2-16)28(32)33/h1-15H,(H,32,33). The molecule has 1 aliphatic carbocycles. The van der Waals surface area contributed by atoms with Crippen LogP contribution in [0, 0.1) is 0 Å². The summed E-state index contributed by atoms with van der Waals surface area (Å²) in [6.07, 6.45) is 0. The highest BCUT2D eigenvalue weighted by Gasteiger charge is 2.30. The molecule has 34 heavy (non-hydrogen) atoms. The summed E-state index contributed by atoms with van der Waals surface area (Å²) < 4.78 is 4.84. The van der Waals surface area contributed by atoms with Crippen molar-refractivity contribution < 1.29 is 29.0 Å². The minimum absolute atomic E-state index is 0.182. The van der Waals surface area contributed by atoms with Gasteiger partial charge in [0, 0.05) is 11.1 Å². The van der Waals surface area contributed by atoms with Gasteiger partial charge in [0.1, 0.15) is 5.75 Å². The topological polar surface area (TPSA) is 97.7 Å². The molecular weight excluding hydrogens is 432 g/mol. The number of carbonyl (C=O) groups excluding carboxylic acids is 3. The van der Waals surface area contributed by atoms with Gasteiger partial charge in [0.15, 0.2) is 0 Å². The molecule has 0 amide bonds. The fourth-order valence-electron chi connectivity index (χ4n) is 4.12. The number of carbonyl (C=O) groups is 4. The van der Waals surface area contributed by atoms with Gasteiger partial charge < -0.3 is 9.84 Å². The second-order valence-electron chi connectivity index (χ2n) is 7.80. The van der Waals surface area contributed by atoms with E-state index in [-0.39, 0.29) is 5.56 Å². The van der Waals surface area contributed by atoms with Gasteiger partial charge in [-0.1, -0.05) is 36.4 Å². The summed E-state index contributed by atoms with van der Waals surface area (Å²) >= 11 is 0. The molecule has 0 saturated heterocycles. The minimum atomic E-state index is -1.01. The van der Waals surface area contributed by atoms with E-state index in [4.69, 9.17) is 9.84 Å². The first-order valence-corrected chi connectivity index (χ1v) is 10.4. The summed E-state index contributed by atoms with van der Waals surface area (Å²) in [5, 5.41) is 9.14. The Morgan fingerprint density at radius 2 is 1.06 bits per heavy atom. The van der Waals surface area contributed by atoms with E-state index in [1.165, 1.54) is 12.1 Å². The lowest BCUT2D eigenvalue weighted by molar-refractivity contribution is -0.120. The molecule has 0 fully saturated rings. The molecular formula is C28H16O6. The molecule has 1 N–H and O–H groups in total. The van der Waals surface area contributed by atoms with Crippen molar-refractivity contribution in [3.63, 3.8) is 0 Å². The third kappa shape index (κ3) is 3.57. The van der Waals surface area contributed by atoms with Crippen LogP contribution in [0.3, 0.4) is 0 Å². The van der Waals surface area contributed by atoms with Gasteiger partial charge in [-0.25, -0.2) is 4.79 Å². The van der Waals surface area contributed by atoms with Gasteiger partial charge in [0.2, 0.25) is 11.6 Å². The summed E-state index contributed by atoms with van der Waals surface area (Å²) in [6, 6.07) is 23.9. The molecule has 0 heterocycles. The van der Waals surface area contributed by atoms with Crippen LogP contribution in [0.5, 0.6) is 5.75 Å². The third-order valence-electron chi connectivity index (χ3n) is 5.86. The van der Waals surface area contributed by atoms with Crippen LogP contribution in [0.2, 0.25) is 0 Å². The first kappa shape index (κ1) is 21.0. The Kier molecular flexibility index (Phi) is 5.11. The maximum Gasteiger partial charge on any atom is 0.335 e. The van der Waals surface area contributed by atoms with Gasteiger partial charge in [-0.15, -0.1) is 0 Å². The number of ether oxygens (including phenoxy) is 1. The monoisotopic (exact) mass is 448 g/mol. The zero-order chi connectivity index (χ0) is 23.8. The molecule has 5 rings (SSSR count). The van der Waals surface area contributed by atoms with Crippen LogP contribution in [0.4, 0.5) is 0 Å². The highest BCUT2D eigenvalue weighted by molar-refractivity contribution is 6.53. The summed E-state index contributed by atoms with van der Waals surface area (Å²) in [5.74, 6) is -1.70. The van der Waals surface area contributed by atoms with E-state index < -0.39 is 17.5 Å². The maximum atomic E-state index is 12.7. The average molecular weight is 448 g/mol. The molecule has 6 nitrogen and oxygen atoms in total. The van der Waals surface area contributed by atoms with E-state index in [1.54, 1.807) is 60.7 Å². The van der Waals surface area contributed by atoms with Crippen LogP contribution in [0.15, 0.2) is 84.9 Å². The number of hydrogen-bond donors (Lipinski definition) is 1. The van der Waals surface area contributed by atoms with Crippen molar-refractivity contribution in [3.05, 3.63) is 102 Å². The largest absolute Gasteiger partial charge is 0.478 e. The lowest BCUT2D eigenvalue weighted by atomic mass is 9.81. The van der Waals surface area contributed by atoms with Gasteiger partial charge in [-0.3, -0.25) is 14.4 Å². The van der Waals surface area contributed by atoms with Crippen LogP contribution >= 0.6 is 0 Å². The highest BCUT2D eigenvalue weighted by Crippen LogP contribution is 2.38. The van der Waals surface area contributed by atoms with Crippen molar-refractivity contribution in [1.29, 1.82) is 0 Å². The Bertz CT molecular complexity index is 1480. The molecule has 0 spiro atoms. The van der Waals surface area contributed by atoms with E-state index in [0.29, 0.717) is 34.5 Å². The van der Waals surface area contributed by atoms with Gasteiger partial charge in [0.05, 0.1) is 5.56 Å². The molecule has 0 aliphatic heterocycles. The fraction of sp³-hybridized carbons (Fsp3) is 0. The molecule has 6 heteroatoms. The number of carboxylic acids is 1. The first-order chi connectivity index (χ1) is 16.5. The number of rotatable bonds is 5. The van der Waals surface area contributed by atoms with Crippen LogP contribution in [0.1, 0.15) is 31.1 Å². The Labute approximate surface area is 194 Å². The number of Topliss-reactive ketones (excluding diaryl/α,β-unsaturated/α-hetero) is 2. The van der Waals surface area contributed by atoms with Crippen molar-refractivity contribution in [2.75, 3.05) is 0 Å². The minimum Gasteiger partial charge on any atom is -0.478 e. The predicted octanol–water partition coefficient (Wildman–Crippen LogP) is 5.30. The Morgan fingerprint density at radius 1 is 0.618 bits per heavy atom. The normalized spacial score (nSPS) is 12.0. The van der Waals surface area contributed by atoms with Crippen LogP contribution in [0.25, 0.3) is 33.4 Å². The molecule has 4 aromatic carbocycles. The molecule has 0 unspecified atom stereocenters. The zero-order valence-corrected chi connectivity index (χ0v) is 17.6. The highest BCUT2D eigenvalue weighted by atomic mass is 16.5. The first-order valence-electron chi connectivity index (χ1n) is 10.4. The second-order valence-corrected chi connectivity index (χ2v) is 7.80. The van der Waals surface area contributed by atoms with Gasteiger partial charge in [-0.2, -0.15) is 0 Å². The summed E-state index contributed by atoms with van der Waals surface area (Å²) in [4.78, 5) is 47.2. The fourth-order valence-corrected chi connectivity index (χ4v) is 4.12. The molecule has 1 aliphatic rings. The van der Waals surface area contributed by atoms with Crippen LogP contribution in [-0.2, 0) is 4.79 Å². The van der Waals surface area contributed by atoms with E-state index in [2.05, 4.69) is 0 Å². The van der Waals surface area contributed by atoms with E-state index >= 15 is 0 Å². The second kappa shape index (κ2) is 8.26. The third-order valence-corrected chi connectivity index (χ3v) is 5.86. The Hall–Kier alpha value is -4.84. The van der Waals surface area contributed by atoms with Crippen molar-refractivity contribution in [3.8, 4) is 39.1 Å². The molecule has 0 atom stereocenters. The van der Waals surface area contributed by atoms with E-state index in [0.717, 1.165) is 22.3 Å². The number of benzene rings is 4. The summed E-state index contributed by atoms with van der Waals surface area (Å²) in [7, 11) is 0. The Balaban J connectivity index is 1.61. The average Bonchev–Trinajstić information content (AvgIpc) is 2.87. The number of ketones is 2. The molecule has 0 saturated carbocycles. The summed E-state index contributed by atoms with van der Waals surface area (Å²) in [5.41, 5.74) is 5.41.